The van der Waals surface area contributed by atoms with E-state index < -0.39 is 0 Å². The van der Waals surface area contributed by atoms with Gasteiger partial charge in [-0.1, -0.05) is 51.1 Å². The van der Waals surface area contributed by atoms with Gasteiger partial charge in [0.1, 0.15) is 0 Å². The summed E-state index contributed by atoms with van der Waals surface area (Å²) in [6.45, 7) is 9.80. The van der Waals surface area contributed by atoms with E-state index in [4.69, 9.17) is 4.74 Å². The monoisotopic (exact) mass is 426 g/mol. The third-order valence-electron chi connectivity index (χ3n) is 7.49. The molecule has 0 aliphatic carbocycles. The van der Waals surface area contributed by atoms with Gasteiger partial charge < -0.3 is 15.4 Å². The van der Waals surface area contributed by atoms with Gasteiger partial charge in [0.25, 0.3) is 0 Å². The Morgan fingerprint density at radius 3 is 2.45 bits per heavy atom. The fraction of sp³-hybridized carbons (Fsp3) is 0.731. The molecule has 0 saturated carbocycles. The van der Waals surface area contributed by atoms with Gasteiger partial charge >= 0.3 is 0 Å². The summed E-state index contributed by atoms with van der Waals surface area (Å²) in [5, 5.41) is 7.39. The van der Waals surface area contributed by atoms with Gasteiger partial charge in [-0.25, -0.2) is 0 Å². The summed E-state index contributed by atoms with van der Waals surface area (Å²) in [5.41, 5.74) is 1.61. The number of nitrogens with zero attached hydrogens (tertiary/aromatic N) is 2. The van der Waals surface area contributed by atoms with Crippen LogP contribution < -0.4 is 10.6 Å². The van der Waals surface area contributed by atoms with Gasteiger partial charge in [-0.2, -0.15) is 0 Å². The Morgan fingerprint density at radius 1 is 1.10 bits per heavy atom. The Kier molecular flexibility index (Phi) is 7.22. The average Bonchev–Trinajstić information content (AvgIpc) is 2.99. The standard InChI is InChI=1S/C26H42N4O/c1-26(2,3)24-20(11-8-14-31-24)17-28-25(27-4)29-21-15-22-12-13-23(16-21)30(22)18-19-9-6-5-7-10-19/h5-7,9-10,20-24H,8,11-18H2,1-4H3,(H2,27,28,29). The van der Waals surface area contributed by atoms with Gasteiger partial charge in [0.05, 0.1) is 6.10 Å². The van der Waals surface area contributed by atoms with Crippen LogP contribution in [-0.2, 0) is 11.3 Å². The van der Waals surface area contributed by atoms with Crippen LogP contribution in [0.25, 0.3) is 0 Å². The first kappa shape index (κ1) is 22.6. The number of ether oxygens (including phenoxy) is 1. The Hall–Kier alpha value is -1.59. The molecule has 3 aliphatic heterocycles. The quantitative estimate of drug-likeness (QED) is 0.548. The normalized spacial score (nSPS) is 32.1. The molecule has 3 aliphatic rings. The van der Waals surface area contributed by atoms with Crippen molar-refractivity contribution in [3.8, 4) is 0 Å². The molecule has 0 aromatic heterocycles. The van der Waals surface area contributed by atoms with Gasteiger partial charge in [-0.15, -0.1) is 0 Å². The maximum atomic E-state index is 6.16. The molecule has 172 valence electrons. The van der Waals surface area contributed by atoms with Crippen molar-refractivity contribution in [1.29, 1.82) is 0 Å². The number of hydrogen-bond donors (Lipinski definition) is 2. The maximum absolute atomic E-state index is 6.16. The van der Waals surface area contributed by atoms with E-state index in [-0.39, 0.29) is 5.41 Å². The van der Waals surface area contributed by atoms with Crippen molar-refractivity contribution in [1.82, 2.24) is 15.5 Å². The van der Waals surface area contributed by atoms with E-state index in [1.165, 1.54) is 37.7 Å². The average molecular weight is 427 g/mol. The van der Waals surface area contributed by atoms with Gasteiger partial charge in [0.2, 0.25) is 0 Å². The van der Waals surface area contributed by atoms with E-state index in [1.807, 2.05) is 7.05 Å². The number of nitrogens with one attached hydrogen (secondary N) is 2. The smallest absolute Gasteiger partial charge is 0.191 e. The molecule has 3 heterocycles. The van der Waals surface area contributed by atoms with Gasteiger partial charge in [0, 0.05) is 50.8 Å². The van der Waals surface area contributed by atoms with E-state index in [0.717, 1.165) is 32.1 Å². The second-order valence-electron chi connectivity index (χ2n) is 10.9. The fourth-order valence-corrected chi connectivity index (χ4v) is 6.07. The highest BCUT2D eigenvalue weighted by Crippen LogP contribution is 2.37. The van der Waals surface area contributed by atoms with E-state index in [1.54, 1.807) is 0 Å². The van der Waals surface area contributed by atoms with E-state index in [2.05, 4.69) is 71.6 Å². The summed E-state index contributed by atoms with van der Waals surface area (Å²) in [6.07, 6.45) is 7.77. The van der Waals surface area contributed by atoms with E-state index in [9.17, 15) is 0 Å². The Labute approximate surface area is 189 Å². The molecule has 1 aromatic carbocycles. The molecule has 4 atom stereocenters. The SMILES string of the molecule is CN=C(NCC1CCCOC1C(C)(C)C)NC1CC2CCC(C1)N2Cc1ccccc1. The molecule has 3 saturated heterocycles. The van der Waals surface area contributed by atoms with Crippen LogP contribution in [0.4, 0.5) is 0 Å². The predicted octanol–water partition coefficient (Wildman–Crippen LogP) is 4.19. The Bertz CT molecular complexity index is 715. The third kappa shape index (κ3) is 5.61. The largest absolute Gasteiger partial charge is 0.377 e. The van der Waals surface area contributed by atoms with Gasteiger partial charge in [-0.3, -0.25) is 9.89 Å². The Morgan fingerprint density at radius 2 is 1.81 bits per heavy atom. The molecule has 0 radical (unpaired) electrons. The third-order valence-corrected chi connectivity index (χ3v) is 7.49. The number of guanidine groups is 1. The van der Waals surface area contributed by atoms with Crippen LogP contribution in [0, 0.1) is 11.3 Å². The second kappa shape index (κ2) is 9.91. The number of rotatable bonds is 5. The topological polar surface area (TPSA) is 48.9 Å². The van der Waals surface area contributed by atoms with Crippen LogP contribution in [0.1, 0.15) is 64.9 Å². The van der Waals surface area contributed by atoms with E-state index in [0.29, 0.717) is 30.1 Å². The molecule has 1 aromatic rings. The zero-order valence-corrected chi connectivity index (χ0v) is 19.9. The van der Waals surface area contributed by atoms with Crippen LogP contribution >= 0.6 is 0 Å². The second-order valence-corrected chi connectivity index (χ2v) is 10.9. The van der Waals surface area contributed by atoms with Crippen molar-refractivity contribution in [3.05, 3.63) is 35.9 Å². The fourth-order valence-electron chi connectivity index (χ4n) is 6.07. The minimum Gasteiger partial charge on any atom is -0.377 e. The number of benzene rings is 1. The molecule has 5 nitrogen and oxygen atoms in total. The summed E-state index contributed by atoms with van der Waals surface area (Å²) in [5.74, 6) is 1.50. The number of hydrogen-bond acceptors (Lipinski definition) is 3. The summed E-state index contributed by atoms with van der Waals surface area (Å²) in [7, 11) is 1.90. The highest BCUT2D eigenvalue weighted by molar-refractivity contribution is 5.80. The Balaban J connectivity index is 1.29. The predicted molar refractivity (Wildman–Crippen MR) is 128 cm³/mol. The van der Waals surface area contributed by atoms with Crippen molar-refractivity contribution < 1.29 is 4.74 Å². The zero-order chi connectivity index (χ0) is 21.8. The van der Waals surface area contributed by atoms with Crippen molar-refractivity contribution in [2.24, 2.45) is 16.3 Å². The van der Waals surface area contributed by atoms with E-state index >= 15 is 0 Å². The van der Waals surface area contributed by atoms with Crippen molar-refractivity contribution in [3.63, 3.8) is 0 Å². The van der Waals surface area contributed by atoms with Gasteiger partial charge in [0.15, 0.2) is 5.96 Å². The first-order valence-corrected chi connectivity index (χ1v) is 12.3. The number of piperidine rings is 1. The molecule has 4 unspecified atom stereocenters. The molecule has 31 heavy (non-hydrogen) atoms. The minimum absolute atomic E-state index is 0.175. The zero-order valence-electron chi connectivity index (χ0n) is 19.9. The van der Waals surface area contributed by atoms with Crippen molar-refractivity contribution >= 4 is 5.96 Å². The molecule has 3 fully saturated rings. The van der Waals surface area contributed by atoms with Gasteiger partial charge in [-0.05, 0) is 49.5 Å². The number of fused-ring (bicyclic) bond motifs is 2. The summed E-state index contributed by atoms with van der Waals surface area (Å²) in [6, 6.07) is 12.8. The summed E-state index contributed by atoms with van der Waals surface area (Å²) < 4.78 is 6.16. The molecule has 0 amide bonds. The lowest BCUT2D eigenvalue weighted by Crippen LogP contribution is -2.53. The molecular weight excluding hydrogens is 384 g/mol. The first-order chi connectivity index (χ1) is 14.9. The van der Waals surface area contributed by atoms with Crippen LogP contribution in [0.5, 0.6) is 0 Å². The lowest BCUT2D eigenvalue weighted by Gasteiger charge is -2.41. The highest BCUT2D eigenvalue weighted by atomic mass is 16.5. The molecule has 4 rings (SSSR count). The summed E-state index contributed by atoms with van der Waals surface area (Å²) >= 11 is 0. The number of aliphatic imine (C=N–C) groups is 1. The first-order valence-electron chi connectivity index (χ1n) is 12.3. The van der Waals surface area contributed by atoms with Crippen LogP contribution in [0.15, 0.2) is 35.3 Å². The van der Waals surface area contributed by atoms with Crippen molar-refractivity contribution in [2.45, 2.75) is 90.1 Å². The molecule has 5 heteroatoms. The molecule has 2 bridgehead atoms. The lowest BCUT2D eigenvalue weighted by molar-refractivity contribution is -0.0835. The molecule has 0 spiro atoms. The molecule has 2 N–H and O–H groups in total. The lowest BCUT2D eigenvalue weighted by atomic mass is 9.78. The van der Waals surface area contributed by atoms with Crippen LogP contribution in [-0.4, -0.2) is 55.3 Å². The maximum Gasteiger partial charge on any atom is 0.191 e. The minimum atomic E-state index is 0.175. The van der Waals surface area contributed by atoms with Crippen LogP contribution in [0.2, 0.25) is 0 Å². The highest BCUT2D eigenvalue weighted by Gasteiger charge is 2.41. The molecular formula is C26H42N4O. The van der Waals surface area contributed by atoms with Crippen LogP contribution in [0.3, 0.4) is 0 Å². The van der Waals surface area contributed by atoms with Crippen molar-refractivity contribution in [2.75, 3.05) is 20.2 Å². The summed E-state index contributed by atoms with van der Waals surface area (Å²) in [4.78, 5) is 7.30.